The minimum Gasteiger partial charge on any atom is -0.333 e. The number of carbonyl (C=O) groups is 3. The Balaban J connectivity index is 1.42. The molecule has 0 bridgehead atoms. The minimum absolute atomic E-state index is 0.0177. The van der Waals surface area contributed by atoms with E-state index < -0.39 is 6.17 Å². The number of rotatable bonds is 4. The molecule has 0 spiro atoms. The Morgan fingerprint density at radius 1 is 1.08 bits per heavy atom. The molecule has 36 heavy (non-hydrogen) atoms. The van der Waals surface area contributed by atoms with Gasteiger partial charge < -0.3 is 15.1 Å². The van der Waals surface area contributed by atoms with Crippen LogP contribution in [0.5, 0.6) is 0 Å². The van der Waals surface area contributed by atoms with Gasteiger partial charge >= 0.3 is 6.03 Å². The highest BCUT2D eigenvalue weighted by Gasteiger charge is 2.46. The number of hydrazine groups is 1. The van der Waals surface area contributed by atoms with E-state index in [1.54, 1.807) is 29.2 Å². The molecule has 0 aliphatic carbocycles. The highest BCUT2D eigenvalue weighted by molar-refractivity contribution is 6.35. The number of hydrogen-bond acceptors (Lipinski definition) is 5. The molecule has 2 unspecified atom stereocenters. The van der Waals surface area contributed by atoms with E-state index in [9.17, 15) is 14.4 Å². The lowest BCUT2D eigenvalue weighted by Gasteiger charge is -2.52. The average Bonchev–Trinajstić information content (AvgIpc) is 2.88. The molecular weight excluding hydrogens is 480 g/mol. The first-order valence-corrected chi connectivity index (χ1v) is 12.2. The number of hydrogen-bond donors (Lipinski definition) is 1. The van der Waals surface area contributed by atoms with Gasteiger partial charge in [0.05, 0.1) is 24.6 Å². The quantitative estimate of drug-likeness (QED) is 0.587. The molecule has 2 saturated heterocycles. The van der Waals surface area contributed by atoms with Crippen LogP contribution in [0.4, 0.5) is 4.79 Å². The molecular formula is C26H27ClN6O3. The predicted molar refractivity (Wildman–Crippen MR) is 136 cm³/mol. The fourth-order valence-electron chi connectivity index (χ4n) is 4.96. The van der Waals surface area contributed by atoms with Crippen LogP contribution in [0.2, 0.25) is 5.02 Å². The van der Waals surface area contributed by atoms with Gasteiger partial charge in [0.15, 0.2) is 0 Å². The summed E-state index contributed by atoms with van der Waals surface area (Å²) >= 11 is 6.38. The molecule has 1 aromatic heterocycles. The molecule has 186 valence electrons. The van der Waals surface area contributed by atoms with Crippen molar-refractivity contribution in [1.82, 2.24) is 30.1 Å². The molecule has 2 fully saturated rings. The Kier molecular flexibility index (Phi) is 6.51. The SMILES string of the molecule is CC(c1ccc(Cl)c2cccnc12)N1CC2N(CC1=O)C(=O)CN(C)N2C(=O)NCc1ccccc1. The van der Waals surface area contributed by atoms with E-state index in [1.807, 2.05) is 55.5 Å². The molecule has 2 atom stereocenters. The highest BCUT2D eigenvalue weighted by atomic mass is 35.5. The monoisotopic (exact) mass is 506 g/mol. The molecule has 3 aromatic rings. The summed E-state index contributed by atoms with van der Waals surface area (Å²) in [5.74, 6) is -0.366. The summed E-state index contributed by atoms with van der Waals surface area (Å²) in [5.41, 5.74) is 2.55. The van der Waals surface area contributed by atoms with Gasteiger partial charge in [0.1, 0.15) is 12.7 Å². The van der Waals surface area contributed by atoms with Gasteiger partial charge in [0.2, 0.25) is 11.8 Å². The van der Waals surface area contributed by atoms with Gasteiger partial charge in [-0.1, -0.05) is 48.0 Å². The van der Waals surface area contributed by atoms with Crippen LogP contribution in [-0.2, 0) is 16.1 Å². The third kappa shape index (κ3) is 4.36. The average molecular weight is 507 g/mol. The number of benzene rings is 2. The van der Waals surface area contributed by atoms with Gasteiger partial charge in [-0.3, -0.25) is 14.6 Å². The summed E-state index contributed by atoms with van der Waals surface area (Å²) in [6.45, 7) is 2.38. The number of likely N-dealkylation sites (N-methyl/N-ethyl adjacent to an activating group) is 1. The summed E-state index contributed by atoms with van der Waals surface area (Å²) < 4.78 is 0. The first-order valence-electron chi connectivity index (χ1n) is 11.8. The van der Waals surface area contributed by atoms with Crippen molar-refractivity contribution in [2.24, 2.45) is 0 Å². The summed E-state index contributed by atoms with van der Waals surface area (Å²) in [7, 11) is 1.71. The summed E-state index contributed by atoms with van der Waals surface area (Å²) in [6.07, 6.45) is 1.07. The molecule has 2 aliphatic heterocycles. The van der Waals surface area contributed by atoms with Gasteiger partial charge in [-0.15, -0.1) is 0 Å². The second-order valence-electron chi connectivity index (χ2n) is 9.07. The van der Waals surface area contributed by atoms with Crippen molar-refractivity contribution in [1.29, 1.82) is 0 Å². The number of halogens is 1. The van der Waals surface area contributed by atoms with E-state index in [-0.39, 0.29) is 43.5 Å². The number of nitrogens with zero attached hydrogens (tertiary/aromatic N) is 5. The van der Waals surface area contributed by atoms with Crippen LogP contribution in [0.1, 0.15) is 24.1 Å². The van der Waals surface area contributed by atoms with Crippen molar-refractivity contribution in [3.8, 4) is 0 Å². The molecule has 10 heteroatoms. The standard InChI is InChI=1S/C26H27ClN6O3/c1-17(19-10-11-21(27)20-9-6-12-28-25(19)20)31-14-22-32(16-24(31)35)23(34)15-30(2)33(22)26(36)29-13-18-7-4-3-5-8-18/h3-12,17,22H,13-16H2,1-2H3,(H,29,36). The van der Waals surface area contributed by atoms with Crippen molar-refractivity contribution in [3.05, 3.63) is 76.9 Å². The Bertz CT molecular complexity index is 1320. The predicted octanol–water partition coefficient (Wildman–Crippen LogP) is 3.02. The lowest BCUT2D eigenvalue weighted by Crippen LogP contribution is -2.73. The van der Waals surface area contributed by atoms with Crippen molar-refractivity contribution >= 4 is 40.3 Å². The molecule has 2 aromatic carbocycles. The maximum atomic E-state index is 13.3. The molecule has 0 saturated carbocycles. The van der Waals surface area contributed by atoms with Gasteiger partial charge in [-0.2, -0.15) is 0 Å². The van der Waals surface area contributed by atoms with Crippen molar-refractivity contribution in [3.63, 3.8) is 0 Å². The van der Waals surface area contributed by atoms with E-state index in [4.69, 9.17) is 11.6 Å². The topological polar surface area (TPSA) is 89.1 Å². The molecule has 3 heterocycles. The first kappa shape index (κ1) is 24.0. The van der Waals surface area contributed by atoms with Gasteiger partial charge in [0.25, 0.3) is 0 Å². The molecule has 2 aliphatic rings. The summed E-state index contributed by atoms with van der Waals surface area (Å²) in [4.78, 5) is 47.1. The van der Waals surface area contributed by atoms with E-state index >= 15 is 0 Å². The molecule has 9 nitrogen and oxygen atoms in total. The summed E-state index contributed by atoms with van der Waals surface area (Å²) in [5, 5.41) is 7.49. The lowest BCUT2D eigenvalue weighted by molar-refractivity contribution is -0.180. The number of pyridine rings is 1. The third-order valence-electron chi connectivity index (χ3n) is 6.84. The van der Waals surface area contributed by atoms with Crippen molar-refractivity contribution < 1.29 is 14.4 Å². The maximum Gasteiger partial charge on any atom is 0.334 e. The molecule has 5 rings (SSSR count). The smallest absolute Gasteiger partial charge is 0.333 e. The second-order valence-corrected chi connectivity index (χ2v) is 9.47. The van der Waals surface area contributed by atoms with Crippen LogP contribution < -0.4 is 5.32 Å². The van der Waals surface area contributed by atoms with Crippen LogP contribution >= 0.6 is 11.6 Å². The fourth-order valence-corrected chi connectivity index (χ4v) is 5.17. The number of fused-ring (bicyclic) bond motifs is 2. The van der Waals surface area contributed by atoms with Crippen LogP contribution in [-0.4, -0.2) is 75.5 Å². The number of aromatic nitrogens is 1. The zero-order valence-corrected chi connectivity index (χ0v) is 20.9. The Hall–Kier alpha value is -3.69. The largest absolute Gasteiger partial charge is 0.334 e. The molecule has 0 radical (unpaired) electrons. The number of nitrogens with one attached hydrogen (secondary N) is 1. The van der Waals surface area contributed by atoms with E-state index in [0.717, 1.165) is 22.0 Å². The van der Waals surface area contributed by atoms with E-state index in [2.05, 4.69) is 10.3 Å². The molecule has 1 N–H and O–H groups in total. The number of amides is 4. The molecule has 4 amide bonds. The van der Waals surface area contributed by atoms with E-state index in [1.165, 1.54) is 9.91 Å². The highest BCUT2D eigenvalue weighted by Crippen LogP contribution is 2.33. The van der Waals surface area contributed by atoms with Crippen LogP contribution in [0.25, 0.3) is 10.9 Å². The lowest BCUT2D eigenvalue weighted by atomic mass is 10.0. The summed E-state index contributed by atoms with van der Waals surface area (Å²) in [6, 6.07) is 16.3. The zero-order valence-electron chi connectivity index (χ0n) is 20.1. The Morgan fingerprint density at radius 2 is 1.86 bits per heavy atom. The minimum atomic E-state index is -0.626. The third-order valence-corrected chi connectivity index (χ3v) is 7.17. The van der Waals surface area contributed by atoms with Crippen LogP contribution in [0.15, 0.2) is 60.8 Å². The normalized spacial score (nSPS) is 19.4. The van der Waals surface area contributed by atoms with E-state index in [0.29, 0.717) is 11.6 Å². The van der Waals surface area contributed by atoms with Gasteiger partial charge in [-0.05, 0) is 30.7 Å². The second kappa shape index (κ2) is 9.75. The number of piperazine rings is 1. The van der Waals surface area contributed by atoms with Crippen LogP contribution in [0, 0.1) is 0 Å². The first-order chi connectivity index (χ1) is 17.3. The maximum absolute atomic E-state index is 13.3. The Morgan fingerprint density at radius 3 is 2.64 bits per heavy atom. The van der Waals surface area contributed by atoms with Crippen molar-refractivity contribution in [2.75, 3.05) is 26.7 Å². The fraction of sp³-hybridized carbons (Fsp3) is 0.308. The number of urea groups is 1. The van der Waals surface area contributed by atoms with Gasteiger partial charge in [0, 0.05) is 35.8 Å². The van der Waals surface area contributed by atoms with Crippen LogP contribution in [0.3, 0.4) is 0 Å². The number of carbonyl (C=O) groups excluding carboxylic acids is 3. The Labute approximate surface area is 214 Å². The zero-order chi connectivity index (χ0) is 25.4. The van der Waals surface area contributed by atoms with Crippen molar-refractivity contribution in [2.45, 2.75) is 25.7 Å². The van der Waals surface area contributed by atoms with Gasteiger partial charge in [-0.25, -0.2) is 14.8 Å².